The lowest BCUT2D eigenvalue weighted by Gasteiger charge is -2.48. The Labute approximate surface area is 174 Å². The second kappa shape index (κ2) is 8.63. The summed E-state index contributed by atoms with van der Waals surface area (Å²) in [5, 5.41) is 0. The first kappa shape index (κ1) is 22.4. The van der Waals surface area contributed by atoms with Crippen molar-refractivity contribution in [3.05, 3.63) is 53.6 Å². The minimum atomic E-state index is -0.628. The van der Waals surface area contributed by atoms with E-state index in [-0.39, 0.29) is 23.5 Å². The van der Waals surface area contributed by atoms with Gasteiger partial charge in [-0.2, -0.15) is 0 Å². The molecular weight excluding hydrogens is 400 g/mol. The maximum Gasteiger partial charge on any atom is 0.158 e. The van der Waals surface area contributed by atoms with Crippen LogP contribution >= 0.6 is 15.9 Å². The molecule has 1 aromatic carbocycles. The highest BCUT2D eigenvalue weighted by Gasteiger charge is 2.50. The van der Waals surface area contributed by atoms with Gasteiger partial charge in [0.05, 0.1) is 0 Å². The van der Waals surface area contributed by atoms with Gasteiger partial charge < -0.3 is 9.47 Å². The molecular formula is C24H35BrO2. The molecule has 27 heavy (non-hydrogen) atoms. The molecule has 0 amide bonds. The minimum Gasteiger partial charge on any atom is -0.359 e. The SMILES string of the molecule is CCC(C)(C)C1=CC(C(C)(C)CC)C(Br)(OCOC)C(c2ccccc2)=C1. The molecule has 150 valence electrons. The molecule has 0 heterocycles. The summed E-state index contributed by atoms with van der Waals surface area (Å²) in [7, 11) is 1.67. The monoisotopic (exact) mass is 434 g/mol. The van der Waals surface area contributed by atoms with E-state index in [4.69, 9.17) is 9.47 Å². The fourth-order valence-corrected chi connectivity index (χ4v) is 4.73. The molecule has 0 aliphatic heterocycles. The lowest BCUT2D eigenvalue weighted by atomic mass is 9.65. The van der Waals surface area contributed by atoms with E-state index in [0.29, 0.717) is 0 Å². The van der Waals surface area contributed by atoms with Gasteiger partial charge in [0.25, 0.3) is 0 Å². The van der Waals surface area contributed by atoms with Gasteiger partial charge in [-0.05, 0) is 44.3 Å². The summed E-state index contributed by atoms with van der Waals surface area (Å²) < 4.78 is 11.0. The summed E-state index contributed by atoms with van der Waals surface area (Å²) in [5.74, 6) is 0.172. The molecule has 1 aliphatic carbocycles. The molecule has 0 radical (unpaired) electrons. The molecule has 3 heteroatoms. The third-order valence-electron chi connectivity index (χ3n) is 6.30. The lowest BCUT2D eigenvalue weighted by Crippen LogP contribution is -2.45. The predicted octanol–water partition coefficient (Wildman–Crippen LogP) is 7.21. The third-order valence-corrected chi connectivity index (χ3v) is 7.45. The largest absolute Gasteiger partial charge is 0.359 e. The number of hydrogen-bond acceptors (Lipinski definition) is 2. The third kappa shape index (κ3) is 4.58. The van der Waals surface area contributed by atoms with E-state index in [1.165, 1.54) is 16.7 Å². The highest BCUT2D eigenvalue weighted by molar-refractivity contribution is 9.10. The lowest BCUT2D eigenvalue weighted by molar-refractivity contribution is -0.0911. The van der Waals surface area contributed by atoms with Gasteiger partial charge >= 0.3 is 0 Å². The van der Waals surface area contributed by atoms with Crippen LogP contribution in [0.4, 0.5) is 0 Å². The molecule has 2 unspecified atom stereocenters. The van der Waals surface area contributed by atoms with E-state index in [0.717, 1.165) is 12.8 Å². The van der Waals surface area contributed by atoms with Crippen molar-refractivity contribution in [2.24, 2.45) is 16.7 Å². The molecule has 0 bridgehead atoms. The highest BCUT2D eigenvalue weighted by atomic mass is 79.9. The van der Waals surface area contributed by atoms with Crippen LogP contribution in [0, 0.1) is 16.7 Å². The average Bonchev–Trinajstić information content (AvgIpc) is 2.66. The topological polar surface area (TPSA) is 18.5 Å². The highest BCUT2D eigenvalue weighted by Crippen LogP contribution is 2.55. The number of hydrogen-bond donors (Lipinski definition) is 0. The molecule has 2 atom stereocenters. The van der Waals surface area contributed by atoms with Crippen LogP contribution in [0.15, 0.2) is 48.1 Å². The molecule has 0 N–H and O–H groups in total. The Bertz CT molecular complexity index is 688. The fourth-order valence-electron chi connectivity index (χ4n) is 3.54. The zero-order valence-corrected chi connectivity index (χ0v) is 19.5. The van der Waals surface area contributed by atoms with Crippen molar-refractivity contribution in [3.8, 4) is 0 Å². The summed E-state index contributed by atoms with van der Waals surface area (Å²) >= 11 is 4.04. The Hall–Kier alpha value is -0.900. The Kier molecular flexibility index (Phi) is 7.16. The van der Waals surface area contributed by atoms with Crippen molar-refractivity contribution in [2.75, 3.05) is 13.9 Å². The van der Waals surface area contributed by atoms with Gasteiger partial charge in [0.1, 0.15) is 6.79 Å². The van der Waals surface area contributed by atoms with Crippen LogP contribution in [-0.2, 0) is 9.47 Å². The minimum absolute atomic E-state index is 0.0562. The van der Waals surface area contributed by atoms with Crippen LogP contribution < -0.4 is 0 Å². The van der Waals surface area contributed by atoms with Crippen LogP contribution in [0.2, 0.25) is 0 Å². The Morgan fingerprint density at radius 2 is 1.67 bits per heavy atom. The van der Waals surface area contributed by atoms with Gasteiger partial charge in [0.2, 0.25) is 0 Å². The zero-order valence-electron chi connectivity index (χ0n) is 17.9. The molecule has 1 aliphatic rings. The maximum absolute atomic E-state index is 6.36. The fraction of sp³-hybridized carbons (Fsp3) is 0.583. The van der Waals surface area contributed by atoms with E-state index in [9.17, 15) is 0 Å². The predicted molar refractivity (Wildman–Crippen MR) is 119 cm³/mol. The van der Waals surface area contributed by atoms with Crippen molar-refractivity contribution in [2.45, 2.75) is 58.9 Å². The number of ether oxygens (including phenoxy) is 2. The normalized spacial score (nSPS) is 23.8. The molecule has 1 aromatic rings. The van der Waals surface area contributed by atoms with Gasteiger partial charge in [0, 0.05) is 18.6 Å². The second-order valence-corrected chi connectivity index (χ2v) is 9.98. The van der Waals surface area contributed by atoms with Crippen molar-refractivity contribution in [1.82, 2.24) is 0 Å². The van der Waals surface area contributed by atoms with Crippen LogP contribution in [0.3, 0.4) is 0 Å². The first-order valence-electron chi connectivity index (χ1n) is 9.94. The van der Waals surface area contributed by atoms with E-state index >= 15 is 0 Å². The van der Waals surface area contributed by atoms with E-state index in [1.807, 2.05) is 0 Å². The number of methoxy groups -OCH3 is 1. The number of benzene rings is 1. The molecule has 0 saturated heterocycles. The standard InChI is InChI=1S/C24H35BrO2/c1-8-22(3,4)19-15-20(18-13-11-10-12-14-18)24(25,27-17-26-7)21(16-19)23(5,6)9-2/h10-16,21H,8-9,17H2,1-7H3. The first-order chi connectivity index (χ1) is 12.6. The molecule has 0 fully saturated rings. The number of allylic oxidation sites excluding steroid dienone is 2. The maximum atomic E-state index is 6.36. The number of rotatable bonds is 8. The summed E-state index contributed by atoms with van der Waals surface area (Å²) in [6.07, 6.45) is 6.90. The summed E-state index contributed by atoms with van der Waals surface area (Å²) in [4.78, 5) is 0. The summed E-state index contributed by atoms with van der Waals surface area (Å²) in [5.41, 5.74) is 3.90. The quantitative estimate of drug-likeness (QED) is 0.317. The van der Waals surface area contributed by atoms with Gasteiger partial charge in [-0.3, -0.25) is 0 Å². The van der Waals surface area contributed by atoms with E-state index in [2.05, 4.69) is 100.0 Å². The van der Waals surface area contributed by atoms with E-state index < -0.39 is 4.51 Å². The second-order valence-electron chi connectivity index (χ2n) is 8.80. The molecule has 2 nitrogen and oxygen atoms in total. The van der Waals surface area contributed by atoms with Crippen LogP contribution in [0.1, 0.15) is 59.9 Å². The van der Waals surface area contributed by atoms with Crippen molar-refractivity contribution in [3.63, 3.8) is 0 Å². The van der Waals surface area contributed by atoms with Gasteiger partial charge in [-0.15, -0.1) is 0 Å². The van der Waals surface area contributed by atoms with Crippen LogP contribution in [-0.4, -0.2) is 18.4 Å². The average molecular weight is 435 g/mol. The molecule has 0 aromatic heterocycles. The first-order valence-corrected chi connectivity index (χ1v) is 10.7. The van der Waals surface area contributed by atoms with Crippen molar-refractivity contribution < 1.29 is 9.47 Å². The Morgan fingerprint density at radius 3 is 2.19 bits per heavy atom. The van der Waals surface area contributed by atoms with E-state index in [1.54, 1.807) is 7.11 Å². The van der Waals surface area contributed by atoms with Gasteiger partial charge in [0.15, 0.2) is 4.51 Å². The van der Waals surface area contributed by atoms with Crippen LogP contribution in [0.25, 0.3) is 5.57 Å². The van der Waals surface area contributed by atoms with Crippen molar-refractivity contribution >= 4 is 21.5 Å². The van der Waals surface area contributed by atoms with Crippen molar-refractivity contribution in [1.29, 1.82) is 0 Å². The smallest absolute Gasteiger partial charge is 0.158 e. The molecule has 0 spiro atoms. The molecule has 2 rings (SSSR count). The van der Waals surface area contributed by atoms with Crippen LogP contribution in [0.5, 0.6) is 0 Å². The zero-order chi connectivity index (χ0) is 20.3. The summed E-state index contributed by atoms with van der Waals surface area (Å²) in [6, 6.07) is 10.6. The van der Waals surface area contributed by atoms with Gasteiger partial charge in [-0.1, -0.05) is 90.4 Å². The Balaban J connectivity index is 2.71. The number of alkyl halides is 1. The number of halogens is 1. The Morgan fingerprint density at radius 1 is 1.04 bits per heavy atom. The summed E-state index contributed by atoms with van der Waals surface area (Å²) in [6.45, 7) is 14.1. The van der Waals surface area contributed by atoms with Gasteiger partial charge in [-0.25, -0.2) is 0 Å². The molecule has 0 saturated carbocycles.